The van der Waals surface area contributed by atoms with Gasteiger partial charge in [0.05, 0.1) is 17.4 Å². The number of aromatic amines is 3. The second-order valence-electron chi connectivity index (χ2n) is 3.45. The van der Waals surface area contributed by atoms with Crippen LogP contribution in [0.1, 0.15) is 17.5 Å². The van der Waals surface area contributed by atoms with E-state index < -0.39 is 0 Å². The minimum Gasteiger partial charge on any atom is -0.263 e. The Morgan fingerprint density at radius 3 is 1.48 bits per heavy atom. The van der Waals surface area contributed by atoms with Crippen LogP contribution in [-0.4, -0.2) is 45.5 Å². The van der Waals surface area contributed by atoms with Gasteiger partial charge in [0.15, 0.2) is 0 Å². The predicted octanol–water partition coefficient (Wildman–Crippen LogP) is 1.55. The van der Waals surface area contributed by atoms with Crippen molar-refractivity contribution in [3.8, 4) is 0 Å². The third-order valence-corrected chi connectivity index (χ3v) is 4.41. The summed E-state index contributed by atoms with van der Waals surface area (Å²) in [5.74, 6) is 4.53. The van der Waals surface area contributed by atoms with E-state index in [1.807, 2.05) is 0 Å². The van der Waals surface area contributed by atoms with Crippen LogP contribution in [0.4, 0.5) is 0 Å². The first-order valence-electron chi connectivity index (χ1n) is 5.71. The fraction of sp³-hybridized carbons (Fsp3) is 0.333. The lowest BCUT2D eigenvalue weighted by Gasteiger charge is -1.95. The van der Waals surface area contributed by atoms with Gasteiger partial charge in [-0.05, 0) is 0 Å². The quantitative estimate of drug-likeness (QED) is 0.349. The lowest BCUT2D eigenvalue weighted by atomic mass is 10.7. The number of alkyl halides is 1. The van der Waals surface area contributed by atoms with Crippen molar-refractivity contribution in [2.45, 2.75) is 17.4 Å². The molecular formula is C9H12ClN9S2. The zero-order chi connectivity index (χ0) is 14.8. The molecule has 0 saturated heterocycles. The average Bonchev–Trinajstić information content (AvgIpc) is 3.27. The topological polar surface area (TPSA) is 125 Å². The summed E-state index contributed by atoms with van der Waals surface area (Å²) in [5, 5.41) is 19.3. The molecule has 9 nitrogen and oxygen atoms in total. The normalized spacial score (nSPS) is 10.1. The molecular weight excluding hydrogens is 334 g/mol. The maximum absolute atomic E-state index is 5.33. The van der Waals surface area contributed by atoms with Crippen molar-refractivity contribution >= 4 is 33.2 Å². The molecule has 12 heteroatoms. The zero-order valence-electron chi connectivity index (χ0n) is 10.7. The number of nitrogens with zero attached hydrogens (tertiary/aromatic N) is 6. The molecule has 0 amide bonds. The fourth-order valence-corrected chi connectivity index (χ4v) is 3.06. The minimum absolute atomic E-state index is 0.403. The van der Waals surface area contributed by atoms with Crippen LogP contribution >= 0.6 is 33.2 Å². The first-order chi connectivity index (χ1) is 10.4. The Hall–Kier alpha value is -1.59. The van der Waals surface area contributed by atoms with Gasteiger partial charge in [0.2, 0.25) is 0 Å². The van der Waals surface area contributed by atoms with Gasteiger partial charge in [0, 0.05) is 0 Å². The van der Waals surface area contributed by atoms with E-state index in [0.717, 1.165) is 23.2 Å². The summed E-state index contributed by atoms with van der Waals surface area (Å²) in [6.45, 7) is 0. The number of H-pyrrole nitrogens is 3. The van der Waals surface area contributed by atoms with E-state index >= 15 is 0 Å². The number of hydrogen-bond acceptors (Lipinski definition) is 8. The molecule has 3 N–H and O–H groups in total. The van der Waals surface area contributed by atoms with Gasteiger partial charge < -0.3 is 0 Å². The predicted molar refractivity (Wildman–Crippen MR) is 81.3 cm³/mol. The molecule has 0 saturated carbocycles. The van der Waals surface area contributed by atoms with Crippen molar-refractivity contribution in [3.05, 3.63) is 36.5 Å². The molecule has 3 heterocycles. The van der Waals surface area contributed by atoms with Crippen LogP contribution < -0.4 is 0 Å². The molecule has 3 rings (SSSR count). The second-order valence-corrected chi connectivity index (χ2v) is 6.18. The maximum atomic E-state index is 5.33. The molecule has 0 aliphatic carbocycles. The van der Waals surface area contributed by atoms with Crippen molar-refractivity contribution in [3.63, 3.8) is 0 Å². The van der Waals surface area contributed by atoms with E-state index in [2.05, 4.69) is 45.5 Å². The largest absolute Gasteiger partial charge is 0.263 e. The minimum atomic E-state index is 0.403. The van der Waals surface area contributed by atoms with Crippen molar-refractivity contribution in [1.29, 1.82) is 0 Å². The Labute approximate surface area is 132 Å². The molecule has 0 bridgehead atoms. The summed E-state index contributed by atoms with van der Waals surface area (Å²) in [6, 6.07) is 0. The first-order valence-corrected chi connectivity index (χ1v) is 8.74. The summed E-state index contributed by atoms with van der Waals surface area (Å²) < 4.78 is 0. The summed E-state index contributed by atoms with van der Waals surface area (Å²) >= 11 is 5.33. The van der Waals surface area contributed by atoms with Crippen LogP contribution in [0, 0.1) is 0 Å². The highest BCUT2D eigenvalue weighted by Crippen LogP contribution is 2.26. The number of nitrogens with one attached hydrogen (secondary N) is 3. The lowest BCUT2D eigenvalue weighted by molar-refractivity contribution is 1.02. The Kier molecular flexibility index (Phi) is 7.04. The second kappa shape index (κ2) is 9.37. The summed E-state index contributed by atoms with van der Waals surface area (Å²) in [5.41, 5.74) is 0. The zero-order valence-corrected chi connectivity index (χ0v) is 13.1. The van der Waals surface area contributed by atoms with Gasteiger partial charge in [0.1, 0.15) is 36.5 Å². The van der Waals surface area contributed by atoms with Crippen LogP contribution in [0.25, 0.3) is 0 Å². The number of hydrogen-bond donors (Lipinski definition) is 3. The van der Waals surface area contributed by atoms with E-state index in [-0.39, 0.29) is 0 Å². The van der Waals surface area contributed by atoms with Gasteiger partial charge in [-0.25, -0.2) is 15.0 Å². The fourth-order valence-electron chi connectivity index (χ4n) is 1.09. The number of aromatic nitrogens is 9. The molecule has 0 aromatic carbocycles. The number of halogens is 1. The van der Waals surface area contributed by atoms with E-state index in [9.17, 15) is 0 Å². The summed E-state index contributed by atoms with van der Waals surface area (Å²) in [6.07, 6.45) is 4.45. The van der Waals surface area contributed by atoms with Gasteiger partial charge in [0.25, 0.3) is 0 Å². The van der Waals surface area contributed by atoms with Crippen LogP contribution in [-0.2, 0) is 17.4 Å². The molecule has 21 heavy (non-hydrogen) atoms. The molecule has 0 fully saturated rings. The van der Waals surface area contributed by atoms with Gasteiger partial charge in [-0.3, -0.25) is 15.3 Å². The van der Waals surface area contributed by atoms with Gasteiger partial charge >= 0.3 is 0 Å². The van der Waals surface area contributed by atoms with Crippen molar-refractivity contribution in [1.82, 2.24) is 45.5 Å². The van der Waals surface area contributed by atoms with E-state index in [0.29, 0.717) is 11.7 Å². The van der Waals surface area contributed by atoms with Crippen LogP contribution in [0.5, 0.6) is 0 Å². The summed E-state index contributed by atoms with van der Waals surface area (Å²) in [7, 11) is 3.41. The molecule has 0 aliphatic heterocycles. The number of rotatable bonds is 6. The van der Waals surface area contributed by atoms with Crippen molar-refractivity contribution in [2.75, 3.05) is 0 Å². The van der Waals surface area contributed by atoms with Gasteiger partial charge in [-0.1, -0.05) is 21.6 Å². The molecule has 0 aliphatic rings. The van der Waals surface area contributed by atoms with Gasteiger partial charge in [-0.15, -0.1) is 11.6 Å². The van der Waals surface area contributed by atoms with Crippen LogP contribution in [0.3, 0.4) is 0 Å². The Bertz CT molecular complexity index is 532. The third kappa shape index (κ3) is 6.14. The first kappa shape index (κ1) is 15.8. The van der Waals surface area contributed by atoms with E-state index in [1.54, 1.807) is 21.6 Å². The molecule has 3 aromatic heterocycles. The van der Waals surface area contributed by atoms with Crippen molar-refractivity contribution in [2.24, 2.45) is 0 Å². The molecule has 3 aromatic rings. The molecule has 0 unspecified atom stereocenters. The van der Waals surface area contributed by atoms with E-state index in [1.165, 1.54) is 19.0 Å². The highest BCUT2D eigenvalue weighted by molar-refractivity contribution is 8.76. The molecule has 112 valence electrons. The van der Waals surface area contributed by atoms with Crippen LogP contribution in [0.2, 0.25) is 0 Å². The molecule has 0 atom stereocenters. The van der Waals surface area contributed by atoms with Crippen LogP contribution in [0.15, 0.2) is 19.0 Å². The Balaban J connectivity index is 0.000000194. The highest BCUT2D eigenvalue weighted by Gasteiger charge is 1.99. The monoisotopic (exact) mass is 345 g/mol. The van der Waals surface area contributed by atoms with Crippen molar-refractivity contribution < 1.29 is 0 Å². The standard InChI is InChI=1S/C6H8N6S2.C3H4ClN3/c1(5-7-3-9-11-5)13-14-2-6-8-4-10-12-6;4-1-3-5-2-6-7-3/h3-4H,1-2H2,(H,7,9,11)(H,8,10,12);2H,1H2,(H,5,6,7). The summed E-state index contributed by atoms with van der Waals surface area (Å²) in [4.78, 5) is 11.8. The Morgan fingerprint density at radius 2 is 1.19 bits per heavy atom. The van der Waals surface area contributed by atoms with E-state index in [4.69, 9.17) is 11.6 Å². The molecule has 0 radical (unpaired) electrons. The Morgan fingerprint density at radius 1 is 0.762 bits per heavy atom. The SMILES string of the molecule is ClCc1ncn[nH]1.c1n[nH]c(CSSCc2ncn[nH]2)n1. The smallest absolute Gasteiger partial charge is 0.139 e. The van der Waals surface area contributed by atoms with Gasteiger partial charge in [-0.2, -0.15) is 15.3 Å². The third-order valence-electron chi connectivity index (χ3n) is 2.00. The average molecular weight is 346 g/mol. The highest BCUT2D eigenvalue weighted by atomic mass is 35.5. The molecule has 0 spiro atoms. The lowest BCUT2D eigenvalue weighted by Crippen LogP contribution is -1.84. The maximum Gasteiger partial charge on any atom is 0.139 e.